The standard InChI is InChI=1S/C38H62N2O2/c1-2-34-23-25-35(26-24-34)36-27-28-37(41-31-21-17-13-9-5-3-7-11-15-19-29-39)38(33-36)42-32-22-18-14-10-6-4-8-12-16-20-30-40/h2,23-28,33H,1,3-22,29-32,39-40H2. The number of rotatable bonds is 28. The third kappa shape index (κ3) is 17.0. The van der Waals surface area contributed by atoms with Crippen molar-refractivity contribution in [2.45, 2.75) is 128 Å². The molecule has 0 radical (unpaired) electrons. The molecule has 236 valence electrons. The predicted molar refractivity (Wildman–Crippen MR) is 183 cm³/mol. The van der Waals surface area contributed by atoms with E-state index >= 15 is 0 Å². The molecule has 0 aliphatic rings. The maximum Gasteiger partial charge on any atom is 0.161 e. The predicted octanol–water partition coefficient (Wildman–Crippen LogP) is 10.5. The van der Waals surface area contributed by atoms with Crippen LogP contribution in [-0.4, -0.2) is 26.3 Å². The topological polar surface area (TPSA) is 70.5 Å². The lowest BCUT2D eigenvalue weighted by Crippen LogP contribution is -2.03. The van der Waals surface area contributed by atoms with Crippen LogP contribution in [0.15, 0.2) is 49.0 Å². The van der Waals surface area contributed by atoms with Crippen molar-refractivity contribution in [2.24, 2.45) is 11.5 Å². The van der Waals surface area contributed by atoms with Crippen molar-refractivity contribution in [3.8, 4) is 22.6 Å². The Hall–Kier alpha value is -2.30. The second kappa shape index (κ2) is 25.2. The second-order valence-electron chi connectivity index (χ2n) is 11.8. The molecule has 0 aromatic heterocycles. The molecule has 2 aromatic rings. The van der Waals surface area contributed by atoms with Gasteiger partial charge in [0.1, 0.15) is 0 Å². The fraction of sp³-hybridized carbons (Fsp3) is 0.632. The molecule has 4 nitrogen and oxygen atoms in total. The van der Waals surface area contributed by atoms with Crippen molar-refractivity contribution in [2.75, 3.05) is 26.3 Å². The van der Waals surface area contributed by atoms with Gasteiger partial charge < -0.3 is 20.9 Å². The van der Waals surface area contributed by atoms with Crippen molar-refractivity contribution in [1.29, 1.82) is 0 Å². The van der Waals surface area contributed by atoms with E-state index < -0.39 is 0 Å². The lowest BCUT2D eigenvalue weighted by Gasteiger charge is -2.15. The van der Waals surface area contributed by atoms with Crippen LogP contribution in [-0.2, 0) is 0 Å². The summed E-state index contributed by atoms with van der Waals surface area (Å²) < 4.78 is 12.6. The zero-order chi connectivity index (χ0) is 29.9. The minimum absolute atomic E-state index is 0.737. The summed E-state index contributed by atoms with van der Waals surface area (Å²) in [5.41, 5.74) is 14.6. The van der Waals surface area contributed by atoms with E-state index in [4.69, 9.17) is 20.9 Å². The van der Waals surface area contributed by atoms with Gasteiger partial charge in [-0.15, -0.1) is 0 Å². The Morgan fingerprint density at radius 2 is 0.833 bits per heavy atom. The molecular formula is C38H62N2O2. The number of unbranched alkanes of at least 4 members (excludes halogenated alkanes) is 18. The maximum absolute atomic E-state index is 6.33. The van der Waals surface area contributed by atoms with E-state index in [1.54, 1.807) is 0 Å². The molecule has 2 aromatic carbocycles. The molecule has 4 N–H and O–H groups in total. The second-order valence-corrected chi connectivity index (χ2v) is 11.8. The molecule has 0 saturated heterocycles. The summed E-state index contributed by atoms with van der Waals surface area (Å²) in [6, 6.07) is 14.9. The molecule has 2 rings (SSSR count). The molecule has 0 aliphatic carbocycles. The van der Waals surface area contributed by atoms with Gasteiger partial charge in [-0.25, -0.2) is 0 Å². The summed E-state index contributed by atoms with van der Waals surface area (Å²) in [5, 5.41) is 0. The Morgan fingerprint density at radius 1 is 0.452 bits per heavy atom. The van der Waals surface area contributed by atoms with Gasteiger partial charge in [0.15, 0.2) is 11.5 Å². The van der Waals surface area contributed by atoms with Gasteiger partial charge >= 0.3 is 0 Å². The molecule has 42 heavy (non-hydrogen) atoms. The van der Waals surface area contributed by atoms with E-state index in [1.165, 1.54) is 121 Å². The lowest BCUT2D eigenvalue weighted by atomic mass is 10.0. The SMILES string of the molecule is C=Cc1ccc(-c2ccc(OCCCCCCCCCCCCN)c(OCCCCCCCCCCCCN)c2)cc1. The Bertz CT molecular complexity index is 912. The Kier molecular flexibility index (Phi) is 21.6. The van der Waals surface area contributed by atoms with Crippen molar-refractivity contribution in [1.82, 2.24) is 0 Å². The van der Waals surface area contributed by atoms with Gasteiger partial charge in [-0.1, -0.05) is 146 Å². The highest BCUT2D eigenvalue weighted by atomic mass is 16.5. The number of hydrogen-bond donors (Lipinski definition) is 2. The largest absolute Gasteiger partial charge is 0.490 e. The zero-order valence-corrected chi connectivity index (χ0v) is 26.8. The molecule has 0 aliphatic heterocycles. The first-order valence-electron chi connectivity index (χ1n) is 17.3. The molecule has 0 saturated carbocycles. The summed E-state index contributed by atoms with van der Waals surface area (Å²) in [4.78, 5) is 0. The van der Waals surface area contributed by atoms with Crippen LogP contribution in [0, 0.1) is 0 Å². The quantitative estimate of drug-likeness (QED) is 0.0985. The molecule has 0 unspecified atom stereocenters. The average molecular weight is 579 g/mol. The Morgan fingerprint density at radius 3 is 1.26 bits per heavy atom. The van der Waals surface area contributed by atoms with E-state index in [0.717, 1.165) is 61.8 Å². The van der Waals surface area contributed by atoms with Crippen LogP contribution in [0.25, 0.3) is 17.2 Å². The summed E-state index contributed by atoms with van der Waals surface area (Å²) in [7, 11) is 0. The highest BCUT2D eigenvalue weighted by molar-refractivity contribution is 5.68. The molecule has 0 amide bonds. The third-order valence-corrected chi connectivity index (χ3v) is 8.14. The number of benzene rings is 2. The van der Waals surface area contributed by atoms with Gasteiger partial charge in [0.05, 0.1) is 13.2 Å². The maximum atomic E-state index is 6.33. The Labute approximate surface area is 258 Å². The van der Waals surface area contributed by atoms with E-state index in [1.807, 2.05) is 6.08 Å². The van der Waals surface area contributed by atoms with Crippen LogP contribution in [0.5, 0.6) is 11.5 Å². The number of nitrogens with two attached hydrogens (primary N) is 2. The van der Waals surface area contributed by atoms with Gasteiger partial charge in [0.25, 0.3) is 0 Å². The smallest absolute Gasteiger partial charge is 0.161 e. The fourth-order valence-corrected chi connectivity index (χ4v) is 5.42. The van der Waals surface area contributed by atoms with Gasteiger partial charge in [0, 0.05) is 0 Å². The molecule has 4 heteroatoms. The van der Waals surface area contributed by atoms with Gasteiger partial charge in [0.2, 0.25) is 0 Å². The van der Waals surface area contributed by atoms with Crippen LogP contribution < -0.4 is 20.9 Å². The normalized spacial score (nSPS) is 11.1. The molecular weight excluding hydrogens is 516 g/mol. The molecule has 0 atom stereocenters. The highest BCUT2D eigenvalue weighted by Gasteiger charge is 2.09. The fourth-order valence-electron chi connectivity index (χ4n) is 5.42. The third-order valence-electron chi connectivity index (χ3n) is 8.14. The number of hydrogen-bond acceptors (Lipinski definition) is 4. The minimum Gasteiger partial charge on any atom is -0.490 e. The number of ether oxygens (including phenoxy) is 2. The monoisotopic (exact) mass is 578 g/mol. The summed E-state index contributed by atoms with van der Waals surface area (Å²) in [6.45, 7) is 7.02. The molecule has 0 bridgehead atoms. The van der Waals surface area contributed by atoms with Crippen LogP contribution in [0.1, 0.15) is 134 Å². The van der Waals surface area contributed by atoms with Crippen molar-refractivity contribution in [3.05, 3.63) is 54.6 Å². The van der Waals surface area contributed by atoms with Crippen LogP contribution >= 0.6 is 0 Å². The highest BCUT2D eigenvalue weighted by Crippen LogP contribution is 2.33. The van der Waals surface area contributed by atoms with Crippen LogP contribution in [0.3, 0.4) is 0 Å². The summed E-state index contributed by atoms with van der Waals surface area (Å²) in [6.07, 6.45) is 27.5. The van der Waals surface area contributed by atoms with Gasteiger partial charge in [-0.3, -0.25) is 0 Å². The summed E-state index contributed by atoms with van der Waals surface area (Å²) in [5.74, 6) is 1.74. The first-order valence-corrected chi connectivity index (χ1v) is 17.3. The molecule has 0 spiro atoms. The zero-order valence-electron chi connectivity index (χ0n) is 26.8. The van der Waals surface area contributed by atoms with Crippen molar-refractivity contribution >= 4 is 6.08 Å². The van der Waals surface area contributed by atoms with Crippen LogP contribution in [0.2, 0.25) is 0 Å². The van der Waals surface area contributed by atoms with Crippen molar-refractivity contribution < 1.29 is 9.47 Å². The average Bonchev–Trinajstić information content (AvgIpc) is 3.02. The van der Waals surface area contributed by atoms with E-state index in [0.29, 0.717) is 0 Å². The lowest BCUT2D eigenvalue weighted by molar-refractivity contribution is 0.258. The molecule has 0 heterocycles. The van der Waals surface area contributed by atoms with Crippen molar-refractivity contribution in [3.63, 3.8) is 0 Å². The first-order chi connectivity index (χ1) is 20.8. The first kappa shape index (κ1) is 35.9. The Balaban J connectivity index is 1.72. The van der Waals surface area contributed by atoms with Gasteiger partial charge in [-0.05, 0) is 67.6 Å². The molecule has 0 fully saturated rings. The van der Waals surface area contributed by atoms with E-state index in [2.05, 4.69) is 49.0 Å². The van der Waals surface area contributed by atoms with E-state index in [9.17, 15) is 0 Å². The minimum atomic E-state index is 0.737. The van der Waals surface area contributed by atoms with Gasteiger partial charge in [-0.2, -0.15) is 0 Å². The van der Waals surface area contributed by atoms with E-state index in [-0.39, 0.29) is 0 Å². The van der Waals surface area contributed by atoms with Crippen LogP contribution in [0.4, 0.5) is 0 Å². The summed E-state index contributed by atoms with van der Waals surface area (Å²) >= 11 is 0.